The molecule has 2 nitrogen and oxygen atoms in total. The molecule has 1 unspecified atom stereocenters. The van der Waals surface area contributed by atoms with Gasteiger partial charge in [-0.3, -0.25) is 0 Å². The molecule has 1 N–H and O–H groups in total. The number of carboxylic acids is 1. The van der Waals surface area contributed by atoms with Crippen LogP contribution in [0.25, 0.3) is 0 Å². The number of carboxylic acid groups (broad SMARTS) is 1. The molecule has 93 valence electrons. The van der Waals surface area contributed by atoms with E-state index in [1.807, 2.05) is 0 Å². The van der Waals surface area contributed by atoms with Crippen molar-refractivity contribution in [1.29, 1.82) is 0 Å². The molecule has 1 atom stereocenters. The Morgan fingerprint density at radius 3 is 2.19 bits per heavy atom. The zero-order valence-electron chi connectivity index (χ0n) is 10.9. The second kappa shape index (κ2) is 8.30. The number of unbranched alkanes of at least 4 members (excludes halogenated alkanes) is 1. The Bertz CT molecular complexity index is 200. The molecule has 16 heavy (non-hydrogen) atoms. The van der Waals surface area contributed by atoms with Gasteiger partial charge in [0.2, 0.25) is 0 Å². The summed E-state index contributed by atoms with van der Waals surface area (Å²) in [4.78, 5) is 10.4. The molecule has 3 heteroatoms. The van der Waals surface area contributed by atoms with E-state index in [1.54, 1.807) is 0 Å². The van der Waals surface area contributed by atoms with Crippen molar-refractivity contribution in [3.05, 3.63) is 0 Å². The summed E-state index contributed by atoms with van der Waals surface area (Å²) < 4.78 is 0.442. The van der Waals surface area contributed by atoms with Crippen LogP contribution < -0.4 is 0 Å². The Hall–Kier alpha value is 0.184. The van der Waals surface area contributed by atoms with Crippen LogP contribution in [0, 0.1) is 5.92 Å². The maximum atomic E-state index is 10.4. The summed E-state index contributed by atoms with van der Waals surface area (Å²) in [5.41, 5.74) is 0. The van der Waals surface area contributed by atoms with E-state index in [2.05, 4.69) is 41.2 Å². The second-order valence-corrected chi connectivity index (χ2v) is 6.16. The average molecular weight is 261 g/mol. The fourth-order valence-electron chi connectivity index (χ4n) is 2.37. The SMILES string of the molecule is CCC(CCCCC(=O)O)[C]([Ti])(CC)CC. The molecule has 0 rings (SSSR count). The topological polar surface area (TPSA) is 37.3 Å². The number of hydrogen-bond donors (Lipinski definition) is 1. The molecule has 0 aromatic carbocycles. The Labute approximate surface area is 112 Å². The summed E-state index contributed by atoms with van der Waals surface area (Å²) in [5, 5.41) is 8.59. The molecular weight excluding hydrogens is 236 g/mol. The maximum absolute atomic E-state index is 10.4. The van der Waals surface area contributed by atoms with E-state index in [4.69, 9.17) is 5.11 Å². The average Bonchev–Trinajstić information content (AvgIpc) is 2.28. The van der Waals surface area contributed by atoms with Crippen molar-refractivity contribution < 1.29 is 30.3 Å². The van der Waals surface area contributed by atoms with Gasteiger partial charge in [0.05, 0.1) is 0 Å². The van der Waals surface area contributed by atoms with E-state index in [0.29, 0.717) is 10.1 Å². The van der Waals surface area contributed by atoms with Gasteiger partial charge in [0.25, 0.3) is 0 Å². The fourth-order valence-corrected chi connectivity index (χ4v) is 2.91. The van der Waals surface area contributed by atoms with E-state index in [9.17, 15) is 4.79 Å². The number of carbonyl (C=O) groups is 1. The molecule has 0 aliphatic rings. The van der Waals surface area contributed by atoms with Gasteiger partial charge in [-0.2, -0.15) is 0 Å². The molecule has 0 saturated carbocycles. The molecule has 0 aromatic heterocycles. The van der Waals surface area contributed by atoms with Gasteiger partial charge in [-0.05, 0) is 0 Å². The Balaban J connectivity index is 4.04. The number of aliphatic carboxylic acids is 1. The van der Waals surface area contributed by atoms with Crippen molar-refractivity contribution in [1.82, 2.24) is 0 Å². The standard InChI is InChI=1S/C13H25O2.Ti/c1-4-11(5-2)12(6-3)9-7-8-10-13(14)15;/h12H,4-10H2,1-3H3,(H,14,15);. The predicted molar refractivity (Wildman–Crippen MR) is 63.2 cm³/mol. The second-order valence-electron chi connectivity index (χ2n) is 4.61. The number of rotatable bonds is 9. The van der Waals surface area contributed by atoms with E-state index < -0.39 is 5.97 Å². The van der Waals surface area contributed by atoms with Crippen molar-refractivity contribution in [2.45, 2.75) is 69.4 Å². The quantitative estimate of drug-likeness (QED) is 0.499. The Kier molecular flexibility index (Phi) is 8.40. The van der Waals surface area contributed by atoms with Crippen LogP contribution in [0.4, 0.5) is 0 Å². The molecule has 0 fully saturated rings. The first kappa shape index (κ1) is 16.2. The summed E-state index contributed by atoms with van der Waals surface area (Å²) in [5.74, 6) is 0.0816. The van der Waals surface area contributed by atoms with Gasteiger partial charge in [0.15, 0.2) is 0 Å². The molecule has 0 saturated heterocycles. The summed E-state index contributed by atoms with van der Waals surface area (Å²) in [6.45, 7) is 6.79. The van der Waals surface area contributed by atoms with Gasteiger partial charge in [-0.25, -0.2) is 0 Å². The molecule has 0 aliphatic heterocycles. The van der Waals surface area contributed by atoms with E-state index >= 15 is 0 Å². The van der Waals surface area contributed by atoms with E-state index in [0.717, 1.165) is 18.8 Å². The molecule has 0 radical (unpaired) electrons. The fraction of sp³-hybridized carbons (Fsp3) is 0.923. The third-order valence-corrected chi connectivity index (χ3v) is 5.47. The van der Waals surface area contributed by atoms with Crippen molar-refractivity contribution >= 4 is 5.97 Å². The van der Waals surface area contributed by atoms with Crippen molar-refractivity contribution in [3.63, 3.8) is 0 Å². The van der Waals surface area contributed by atoms with Crippen LogP contribution in [0.3, 0.4) is 0 Å². The Morgan fingerprint density at radius 2 is 1.81 bits per heavy atom. The van der Waals surface area contributed by atoms with Gasteiger partial charge >= 0.3 is 112 Å². The van der Waals surface area contributed by atoms with Crippen molar-refractivity contribution in [2.75, 3.05) is 0 Å². The number of hydrogen-bond acceptors (Lipinski definition) is 1. The van der Waals surface area contributed by atoms with Gasteiger partial charge in [-0.1, -0.05) is 0 Å². The van der Waals surface area contributed by atoms with Crippen LogP contribution in [0.5, 0.6) is 0 Å². The molecular formula is C13H25O2Ti. The molecule has 0 amide bonds. The Morgan fingerprint density at radius 1 is 1.25 bits per heavy atom. The summed E-state index contributed by atoms with van der Waals surface area (Å²) in [6.07, 6.45) is 7.05. The molecule has 0 spiro atoms. The molecule has 0 bridgehead atoms. The van der Waals surface area contributed by atoms with Crippen LogP contribution >= 0.6 is 0 Å². The van der Waals surface area contributed by atoms with Crippen molar-refractivity contribution in [2.24, 2.45) is 5.92 Å². The van der Waals surface area contributed by atoms with Gasteiger partial charge in [0, 0.05) is 0 Å². The van der Waals surface area contributed by atoms with E-state index in [-0.39, 0.29) is 0 Å². The summed E-state index contributed by atoms with van der Waals surface area (Å²) >= 11 is 2.37. The minimum atomic E-state index is -0.665. The summed E-state index contributed by atoms with van der Waals surface area (Å²) in [6, 6.07) is 0. The molecule has 0 aromatic rings. The van der Waals surface area contributed by atoms with Crippen LogP contribution in [-0.4, -0.2) is 11.1 Å². The summed E-state index contributed by atoms with van der Waals surface area (Å²) in [7, 11) is 0. The normalized spacial score (nSPS) is 13.6. The van der Waals surface area contributed by atoms with Crippen LogP contribution in [0.2, 0.25) is 3.72 Å². The monoisotopic (exact) mass is 261 g/mol. The van der Waals surface area contributed by atoms with Crippen molar-refractivity contribution in [3.8, 4) is 0 Å². The van der Waals surface area contributed by atoms with Crippen LogP contribution in [0.1, 0.15) is 65.7 Å². The van der Waals surface area contributed by atoms with Gasteiger partial charge in [-0.15, -0.1) is 0 Å². The van der Waals surface area contributed by atoms with Crippen LogP contribution in [-0.2, 0) is 25.2 Å². The molecule has 0 heterocycles. The van der Waals surface area contributed by atoms with Crippen LogP contribution in [0.15, 0.2) is 0 Å². The third-order valence-electron chi connectivity index (χ3n) is 3.73. The van der Waals surface area contributed by atoms with E-state index in [1.165, 1.54) is 25.7 Å². The molecule has 0 aliphatic carbocycles. The third kappa shape index (κ3) is 5.49. The minimum absolute atomic E-state index is 0.325. The first-order valence-electron chi connectivity index (χ1n) is 6.46. The first-order valence-corrected chi connectivity index (χ1v) is 7.25. The zero-order valence-corrected chi connectivity index (χ0v) is 12.4. The predicted octanol–water partition coefficient (Wildman–Crippen LogP) is 4.18. The van der Waals surface area contributed by atoms with Gasteiger partial charge in [0.1, 0.15) is 0 Å². The first-order chi connectivity index (χ1) is 7.50. The van der Waals surface area contributed by atoms with Gasteiger partial charge < -0.3 is 0 Å². The zero-order chi connectivity index (χ0) is 12.6.